The van der Waals surface area contributed by atoms with Crippen LogP contribution >= 0.6 is 0 Å². The molecule has 200 valence electrons. The summed E-state index contributed by atoms with van der Waals surface area (Å²) >= 11 is 0. The molecule has 0 saturated carbocycles. The number of ether oxygens (including phenoxy) is 2. The molecule has 2 aromatic rings. The minimum Gasteiger partial charge on any atom is -0.493 e. The molecule has 1 fully saturated rings. The van der Waals surface area contributed by atoms with Crippen LogP contribution in [0.1, 0.15) is 52.0 Å². The van der Waals surface area contributed by atoms with E-state index in [4.69, 9.17) is 14.5 Å². The summed E-state index contributed by atoms with van der Waals surface area (Å²) in [5.41, 5.74) is 0.582. The Bertz CT molecular complexity index is 1100. The first-order valence-corrected chi connectivity index (χ1v) is 13.3. The zero-order valence-corrected chi connectivity index (χ0v) is 22.4. The van der Waals surface area contributed by atoms with Crippen LogP contribution in [0.2, 0.25) is 0 Å². The van der Waals surface area contributed by atoms with E-state index in [1.165, 1.54) is 0 Å². The summed E-state index contributed by atoms with van der Waals surface area (Å²) in [7, 11) is 1.64. The van der Waals surface area contributed by atoms with Gasteiger partial charge in [0.15, 0.2) is 11.5 Å². The first kappa shape index (κ1) is 26.7. The number of amides is 1. The summed E-state index contributed by atoms with van der Waals surface area (Å²) in [5.74, 6) is 2.50. The molecule has 4 rings (SSSR count). The van der Waals surface area contributed by atoms with Crippen LogP contribution in [0, 0.1) is 5.92 Å². The number of hydrogen-bond acceptors (Lipinski definition) is 7. The van der Waals surface area contributed by atoms with E-state index in [0.29, 0.717) is 19.6 Å². The van der Waals surface area contributed by atoms with Gasteiger partial charge in [-0.05, 0) is 55.9 Å². The minimum atomic E-state index is -0.519. The number of carbonyl (C=O) groups excluding carboxylic acids is 1. The number of likely N-dealkylation sites (tertiary alicyclic amines) is 1. The number of piperidine rings is 1. The Morgan fingerprint density at radius 1 is 1.30 bits per heavy atom. The van der Waals surface area contributed by atoms with E-state index in [1.807, 2.05) is 42.1 Å². The zero-order chi connectivity index (χ0) is 26.3. The van der Waals surface area contributed by atoms with E-state index >= 15 is 0 Å². The Morgan fingerprint density at radius 3 is 2.89 bits per heavy atom. The molecule has 0 radical (unpaired) electrons. The highest BCUT2D eigenvalue weighted by molar-refractivity contribution is 5.84. The first-order chi connectivity index (χ1) is 18.0. The van der Waals surface area contributed by atoms with Gasteiger partial charge in [-0.15, -0.1) is 0 Å². The fraction of sp³-hybridized carbons (Fsp3) is 0.536. The number of rotatable bonds is 10. The van der Waals surface area contributed by atoms with Crippen molar-refractivity contribution in [2.75, 3.05) is 26.8 Å². The van der Waals surface area contributed by atoms with Gasteiger partial charge in [-0.2, -0.15) is 0 Å². The van der Waals surface area contributed by atoms with Gasteiger partial charge < -0.3 is 20.1 Å². The molecule has 1 aromatic heterocycles. The maximum Gasteiger partial charge on any atom is 0.221 e. The quantitative estimate of drug-likeness (QED) is 0.510. The third-order valence-corrected chi connectivity index (χ3v) is 7.20. The van der Waals surface area contributed by atoms with Crippen molar-refractivity contribution >= 4 is 11.9 Å². The average molecular weight is 509 g/mol. The normalized spacial score (nSPS) is 21.9. The lowest BCUT2D eigenvalue weighted by Gasteiger charge is -2.49. The monoisotopic (exact) mass is 508 g/mol. The second kappa shape index (κ2) is 12.3. The van der Waals surface area contributed by atoms with Crippen molar-refractivity contribution in [1.82, 2.24) is 25.1 Å². The second-order valence-corrected chi connectivity index (χ2v) is 9.89. The number of aliphatic imine (C=N–C) groups is 1. The van der Waals surface area contributed by atoms with Crippen LogP contribution in [0.3, 0.4) is 0 Å². The molecule has 2 atom stereocenters. The lowest BCUT2D eigenvalue weighted by molar-refractivity contribution is -0.123. The Labute approximate surface area is 220 Å². The molecule has 37 heavy (non-hydrogen) atoms. The Kier molecular flexibility index (Phi) is 8.87. The van der Waals surface area contributed by atoms with E-state index in [-0.39, 0.29) is 17.9 Å². The van der Waals surface area contributed by atoms with Crippen LogP contribution in [0.15, 0.2) is 54.2 Å². The molecular weight excluding hydrogens is 468 g/mol. The van der Waals surface area contributed by atoms with Gasteiger partial charge in [-0.3, -0.25) is 14.3 Å². The van der Waals surface area contributed by atoms with Crippen LogP contribution < -0.4 is 20.1 Å². The van der Waals surface area contributed by atoms with Crippen molar-refractivity contribution < 1.29 is 14.3 Å². The van der Waals surface area contributed by atoms with Crippen LogP contribution in [0.25, 0.3) is 0 Å². The van der Waals surface area contributed by atoms with Gasteiger partial charge in [-0.25, -0.2) is 9.98 Å². The van der Waals surface area contributed by atoms with E-state index < -0.39 is 5.66 Å². The lowest BCUT2D eigenvalue weighted by Crippen LogP contribution is -2.59. The molecule has 2 unspecified atom stereocenters. The van der Waals surface area contributed by atoms with E-state index in [9.17, 15) is 4.79 Å². The van der Waals surface area contributed by atoms with Gasteiger partial charge in [0.1, 0.15) is 12.0 Å². The number of carbonyl (C=O) groups is 1. The fourth-order valence-corrected chi connectivity index (χ4v) is 5.27. The van der Waals surface area contributed by atoms with Gasteiger partial charge >= 0.3 is 0 Å². The van der Waals surface area contributed by atoms with Crippen LogP contribution in [0.4, 0.5) is 0 Å². The van der Waals surface area contributed by atoms with Crippen molar-refractivity contribution in [1.29, 1.82) is 0 Å². The topological polar surface area (TPSA) is 93.0 Å². The molecule has 2 aliphatic rings. The maximum atomic E-state index is 13.1. The van der Waals surface area contributed by atoms with E-state index in [2.05, 4.69) is 40.4 Å². The molecule has 3 heterocycles. The van der Waals surface area contributed by atoms with Crippen LogP contribution in [0.5, 0.6) is 11.5 Å². The van der Waals surface area contributed by atoms with E-state index in [0.717, 1.165) is 55.3 Å². The fourth-order valence-electron chi connectivity index (χ4n) is 5.27. The van der Waals surface area contributed by atoms with Crippen molar-refractivity contribution in [3.8, 4) is 11.5 Å². The molecule has 9 nitrogen and oxygen atoms in total. The molecule has 2 N–H and O–H groups in total. The van der Waals surface area contributed by atoms with Gasteiger partial charge in [0, 0.05) is 44.1 Å². The summed E-state index contributed by atoms with van der Waals surface area (Å²) in [6.07, 6.45) is 13.9. The number of methoxy groups -OCH3 is 1. The summed E-state index contributed by atoms with van der Waals surface area (Å²) in [4.78, 5) is 24.9. The van der Waals surface area contributed by atoms with Gasteiger partial charge in [0.05, 0.1) is 13.7 Å². The number of hydrogen-bond donors (Lipinski definition) is 2. The molecule has 1 amide bonds. The number of aromatic nitrogens is 2. The third kappa shape index (κ3) is 6.15. The van der Waals surface area contributed by atoms with Gasteiger partial charge in [-0.1, -0.05) is 26.3 Å². The summed E-state index contributed by atoms with van der Waals surface area (Å²) in [6, 6.07) is 6.04. The van der Waals surface area contributed by atoms with Crippen molar-refractivity contribution in [2.45, 2.75) is 64.6 Å². The Morgan fingerprint density at radius 2 is 2.16 bits per heavy atom. The number of nitrogens with zero attached hydrogens (tertiary/aromatic N) is 4. The van der Waals surface area contributed by atoms with Crippen molar-refractivity contribution in [3.05, 3.63) is 54.8 Å². The highest BCUT2D eigenvalue weighted by Crippen LogP contribution is 2.36. The van der Waals surface area contributed by atoms with Gasteiger partial charge in [0.2, 0.25) is 11.9 Å². The van der Waals surface area contributed by atoms with Gasteiger partial charge in [0.25, 0.3) is 0 Å². The highest BCUT2D eigenvalue weighted by Gasteiger charge is 2.44. The maximum absolute atomic E-state index is 13.1. The second-order valence-electron chi connectivity index (χ2n) is 9.89. The van der Waals surface area contributed by atoms with Crippen LogP contribution in [-0.2, 0) is 11.2 Å². The standard InChI is InChI=1S/C28H40N6O3/c1-5-37-25-18-22(9-10-24(25)36-4)11-13-30-26(35)19-23-8-6-7-16-34(23)28(21(2)3)12-14-31-27(32-28)33-17-15-29-20-33/h9-10,12,14-15,17-18,20-21,23H,5-8,11,13,16,19H2,1-4H3,(H,30,35)(H,31,32). The highest BCUT2D eigenvalue weighted by atomic mass is 16.5. The Balaban J connectivity index is 1.41. The predicted octanol–water partition coefficient (Wildman–Crippen LogP) is 3.57. The summed E-state index contributed by atoms with van der Waals surface area (Å²) in [5, 5.41) is 6.40. The minimum absolute atomic E-state index is 0.0751. The summed E-state index contributed by atoms with van der Waals surface area (Å²) < 4.78 is 12.9. The molecule has 0 aliphatic carbocycles. The number of nitrogens with one attached hydrogen (secondary N) is 2. The van der Waals surface area contributed by atoms with E-state index in [1.54, 1.807) is 19.6 Å². The first-order valence-electron chi connectivity index (χ1n) is 13.3. The molecule has 9 heteroatoms. The van der Waals surface area contributed by atoms with Crippen LogP contribution in [-0.4, -0.2) is 64.8 Å². The zero-order valence-electron chi connectivity index (χ0n) is 22.4. The number of imidazole rings is 1. The summed E-state index contributed by atoms with van der Waals surface area (Å²) in [6.45, 7) is 8.40. The molecule has 0 spiro atoms. The lowest BCUT2D eigenvalue weighted by atomic mass is 9.87. The predicted molar refractivity (Wildman–Crippen MR) is 145 cm³/mol. The molecule has 2 aliphatic heterocycles. The van der Waals surface area contributed by atoms with Crippen molar-refractivity contribution in [2.24, 2.45) is 10.9 Å². The average Bonchev–Trinajstić information content (AvgIpc) is 3.45. The van der Waals surface area contributed by atoms with Crippen molar-refractivity contribution in [3.63, 3.8) is 0 Å². The largest absolute Gasteiger partial charge is 0.493 e. The smallest absolute Gasteiger partial charge is 0.221 e. The molecular formula is C28H40N6O3. The third-order valence-electron chi connectivity index (χ3n) is 7.20. The molecule has 1 saturated heterocycles. The Hall–Kier alpha value is -3.33. The molecule has 1 aromatic carbocycles. The molecule has 0 bridgehead atoms. The SMILES string of the molecule is CCOc1cc(CCNC(=O)CC2CCCCN2C2(C(C)C)C=CNC(n3ccnc3)=N2)ccc1OC. The number of benzene rings is 1.